The van der Waals surface area contributed by atoms with E-state index < -0.39 is 5.91 Å². The fourth-order valence-electron chi connectivity index (χ4n) is 1.60. The molecule has 0 saturated carbocycles. The smallest absolute Gasteiger partial charge is 0.259 e. The van der Waals surface area contributed by atoms with E-state index in [4.69, 9.17) is 5.26 Å². The Bertz CT molecular complexity index is 724. The number of nitrogens with zero attached hydrogens (tertiary/aromatic N) is 1. The number of carbonyl (C=O) groups is 1. The van der Waals surface area contributed by atoms with Crippen molar-refractivity contribution in [3.63, 3.8) is 0 Å². The SMILES string of the molecule is N#Cc1ccc(Br)cc1NC(=O)c1ccc(Br)cc1O. The van der Waals surface area contributed by atoms with E-state index in [-0.39, 0.29) is 11.3 Å². The van der Waals surface area contributed by atoms with Gasteiger partial charge in [-0.15, -0.1) is 0 Å². The van der Waals surface area contributed by atoms with Crippen molar-refractivity contribution in [3.8, 4) is 11.8 Å². The lowest BCUT2D eigenvalue weighted by molar-refractivity contribution is 0.102. The third-order valence-corrected chi connectivity index (χ3v) is 3.54. The van der Waals surface area contributed by atoms with Crippen LogP contribution in [0.3, 0.4) is 0 Å². The highest BCUT2D eigenvalue weighted by Gasteiger charge is 2.13. The number of phenols is 1. The molecule has 0 radical (unpaired) electrons. The molecule has 0 aliphatic carbocycles. The van der Waals surface area contributed by atoms with E-state index in [1.165, 1.54) is 12.1 Å². The second-order valence-corrected chi connectivity index (χ2v) is 5.75. The number of hydrogen-bond acceptors (Lipinski definition) is 3. The predicted octanol–water partition coefficient (Wildman–Crippen LogP) is 4.04. The van der Waals surface area contributed by atoms with Gasteiger partial charge in [0.25, 0.3) is 5.91 Å². The maximum atomic E-state index is 12.1. The molecular weight excluding hydrogens is 388 g/mol. The van der Waals surface area contributed by atoms with Crippen molar-refractivity contribution in [2.24, 2.45) is 0 Å². The van der Waals surface area contributed by atoms with Gasteiger partial charge in [0.1, 0.15) is 11.8 Å². The molecule has 0 aliphatic heterocycles. The van der Waals surface area contributed by atoms with Gasteiger partial charge in [-0.05, 0) is 36.4 Å². The van der Waals surface area contributed by atoms with Gasteiger partial charge >= 0.3 is 0 Å². The monoisotopic (exact) mass is 394 g/mol. The van der Waals surface area contributed by atoms with Gasteiger partial charge in [-0.25, -0.2) is 0 Å². The minimum Gasteiger partial charge on any atom is -0.507 e. The summed E-state index contributed by atoms with van der Waals surface area (Å²) in [4.78, 5) is 12.1. The molecule has 0 aliphatic rings. The van der Waals surface area contributed by atoms with Gasteiger partial charge in [0, 0.05) is 8.95 Å². The number of nitriles is 1. The first-order chi connectivity index (χ1) is 9.51. The number of nitrogens with one attached hydrogen (secondary N) is 1. The number of benzene rings is 2. The summed E-state index contributed by atoms with van der Waals surface area (Å²) >= 11 is 6.48. The molecule has 20 heavy (non-hydrogen) atoms. The lowest BCUT2D eigenvalue weighted by atomic mass is 10.1. The predicted molar refractivity (Wildman–Crippen MR) is 82.6 cm³/mol. The summed E-state index contributed by atoms with van der Waals surface area (Å²) in [6.45, 7) is 0. The van der Waals surface area contributed by atoms with Crippen molar-refractivity contribution in [3.05, 3.63) is 56.5 Å². The molecule has 2 aromatic rings. The van der Waals surface area contributed by atoms with Crippen molar-refractivity contribution in [1.82, 2.24) is 0 Å². The van der Waals surface area contributed by atoms with Crippen LogP contribution in [0.5, 0.6) is 5.75 Å². The fourth-order valence-corrected chi connectivity index (χ4v) is 2.31. The molecule has 1 amide bonds. The molecule has 2 N–H and O–H groups in total. The Morgan fingerprint density at radius 2 is 1.80 bits per heavy atom. The number of halogens is 2. The Labute approximate surface area is 132 Å². The van der Waals surface area contributed by atoms with Gasteiger partial charge in [-0.3, -0.25) is 4.79 Å². The van der Waals surface area contributed by atoms with E-state index in [2.05, 4.69) is 37.2 Å². The number of phenolic OH excluding ortho intramolecular Hbond substituents is 1. The lowest BCUT2D eigenvalue weighted by Crippen LogP contribution is -2.13. The van der Waals surface area contributed by atoms with Crippen LogP contribution in [0.1, 0.15) is 15.9 Å². The van der Waals surface area contributed by atoms with Gasteiger partial charge in [0.15, 0.2) is 0 Å². The standard InChI is InChI=1S/C14H8Br2N2O2/c15-9-2-1-8(7-17)12(5-9)18-14(20)11-4-3-10(16)6-13(11)19/h1-6,19H,(H,18,20). The van der Waals surface area contributed by atoms with E-state index in [1.54, 1.807) is 24.3 Å². The highest BCUT2D eigenvalue weighted by molar-refractivity contribution is 9.10. The van der Waals surface area contributed by atoms with Gasteiger partial charge < -0.3 is 10.4 Å². The quantitative estimate of drug-likeness (QED) is 0.805. The number of carbonyl (C=O) groups excluding carboxylic acids is 1. The average molecular weight is 396 g/mol. The number of amides is 1. The molecule has 100 valence electrons. The maximum Gasteiger partial charge on any atom is 0.259 e. The first kappa shape index (κ1) is 14.6. The van der Waals surface area contributed by atoms with Crippen LogP contribution in [-0.4, -0.2) is 11.0 Å². The Balaban J connectivity index is 2.33. The first-order valence-corrected chi connectivity index (χ1v) is 7.09. The molecule has 0 aromatic heterocycles. The van der Waals surface area contributed by atoms with Crippen LogP contribution in [0, 0.1) is 11.3 Å². The minimum absolute atomic E-state index is 0.134. The Morgan fingerprint density at radius 1 is 1.15 bits per heavy atom. The Hall–Kier alpha value is -1.84. The van der Waals surface area contributed by atoms with Crippen LogP contribution >= 0.6 is 31.9 Å². The van der Waals surface area contributed by atoms with Gasteiger partial charge in [-0.1, -0.05) is 31.9 Å². The Morgan fingerprint density at radius 3 is 2.45 bits per heavy atom. The lowest BCUT2D eigenvalue weighted by Gasteiger charge is -2.09. The molecule has 2 aromatic carbocycles. The summed E-state index contributed by atoms with van der Waals surface area (Å²) in [5, 5.41) is 21.4. The average Bonchev–Trinajstić information content (AvgIpc) is 2.38. The summed E-state index contributed by atoms with van der Waals surface area (Å²) in [6.07, 6.45) is 0. The number of rotatable bonds is 2. The number of anilines is 1. The summed E-state index contributed by atoms with van der Waals surface area (Å²) < 4.78 is 1.42. The van der Waals surface area contributed by atoms with Crippen molar-refractivity contribution in [2.75, 3.05) is 5.32 Å². The molecule has 6 heteroatoms. The first-order valence-electron chi connectivity index (χ1n) is 5.51. The second kappa shape index (κ2) is 6.07. The fraction of sp³-hybridized carbons (Fsp3) is 0. The summed E-state index contributed by atoms with van der Waals surface area (Å²) in [5.74, 6) is -0.616. The zero-order valence-corrected chi connectivity index (χ0v) is 13.2. The molecule has 0 unspecified atom stereocenters. The normalized spacial score (nSPS) is 9.85. The van der Waals surface area contributed by atoms with Crippen LogP contribution in [0.2, 0.25) is 0 Å². The zero-order chi connectivity index (χ0) is 14.7. The van der Waals surface area contributed by atoms with E-state index in [0.717, 1.165) is 4.47 Å². The second-order valence-electron chi connectivity index (χ2n) is 3.92. The van der Waals surface area contributed by atoms with Crippen molar-refractivity contribution in [2.45, 2.75) is 0 Å². The molecule has 0 bridgehead atoms. The highest BCUT2D eigenvalue weighted by atomic mass is 79.9. The van der Waals surface area contributed by atoms with Crippen molar-refractivity contribution >= 4 is 43.5 Å². The summed E-state index contributed by atoms with van der Waals surface area (Å²) in [7, 11) is 0. The zero-order valence-electron chi connectivity index (χ0n) is 10.0. The van der Waals surface area contributed by atoms with Crippen molar-refractivity contribution in [1.29, 1.82) is 5.26 Å². The van der Waals surface area contributed by atoms with Crippen molar-refractivity contribution < 1.29 is 9.90 Å². The molecule has 0 fully saturated rings. The van der Waals surface area contributed by atoms with Crippen LogP contribution in [0.4, 0.5) is 5.69 Å². The minimum atomic E-state index is -0.482. The van der Waals surface area contributed by atoms with E-state index in [9.17, 15) is 9.90 Å². The van der Waals surface area contributed by atoms with Crippen LogP contribution in [0.15, 0.2) is 45.3 Å². The maximum absolute atomic E-state index is 12.1. The van der Waals surface area contributed by atoms with E-state index >= 15 is 0 Å². The van der Waals surface area contributed by atoms with E-state index in [0.29, 0.717) is 15.7 Å². The third-order valence-electron chi connectivity index (χ3n) is 2.55. The van der Waals surface area contributed by atoms with Gasteiger partial charge in [-0.2, -0.15) is 5.26 Å². The third kappa shape index (κ3) is 3.18. The molecule has 0 spiro atoms. The molecule has 4 nitrogen and oxygen atoms in total. The number of aromatic hydroxyl groups is 1. The summed E-state index contributed by atoms with van der Waals surface area (Å²) in [5.41, 5.74) is 0.865. The van der Waals surface area contributed by atoms with Crippen LogP contribution in [-0.2, 0) is 0 Å². The summed E-state index contributed by atoms with van der Waals surface area (Å²) in [6, 6.07) is 11.5. The van der Waals surface area contributed by atoms with Crippen LogP contribution in [0.25, 0.3) is 0 Å². The van der Waals surface area contributed by atoms with E-state index in [1.807, 2.05) is 6.07 Å². The molecule has 0 saturated heterocycles. The molecule has 2 rings (SSSR count). The molecule has 0 atom stereocenters. The molecule has 0 heterocycles. The van der Waals surface area contributed by atoms with Crippen LogP contribution < -0.4 is 5.32 Å². The Kier molecular flexibility index (Phi) is 4.42. The molecular formula is C14H8Br2N2O2. The number of hydrogen-bond donors (Lipinski definition) is 2. The topological polar surface area (TPSA) is 73.1 Å². The van der Waals surface area contributed by atoms with Gasteiger partial charge in [0.05, 0.1) is 16.8 Å². The largest absolute Gasteiger partial charge is 0.507 e. The highest BCUT2D eigenvalue weighted by Crippen LogP contribution is 2.25. The van der Waals surface area contributed by atoms with Gasteiger partial charge in [0.2, 0.25) is 0 Å².